The van der Waals surface area contributed by atoms with Crippen LogP contribution in [0.2, 0.25) is 0 Å². The van der Waals surface area contributed by atoms with Crippen LogP contribution in [0.25, 0.3) is 0 Å². The number of carbonyl (C=O) groups excluding carboxylic acids is 1. The largest absolute Gasteiger partial charge is 0.379 e. The van der Waals surface area contributed by atoms with Crippen LogP contribution in [0.4, 0.5) is 0 Å². The topological polar surface area (TPSA) is 87.4 Å². The maximum absolute atomic E-state index is 11.4. The normalized spacial score (nSPS) is 14.6. The molecular formula is C13H29N3O2. The average molecular weight is 259 g/mol. The number of hydrogen-bond donors (Lipinski definition) is 4. The molecule has 0 aliphatic carbocycles. The summed E-state index contributed by atoms with van der Waals surface area (Å²) < 4.78 is 0. The Morgan fingerprint density at radius 3 is 2.50 bits per heavy atom. The molecule has 18 heavy (non-hydrogen) atoms. The summed E-state index contributed by atoms with van der Waals surface area (Å²) in [4.78, 5) is 11.4. The Morgan fingerprint density at radius 2 is 1.94 bits per heavy atom. The summed E-state index contributed by atoms with van der Waals surface area (Å²) >= 11 is 0. The highest BCUT2D eigenvalue weighted by molar-refractivity contribution is 5.75. The lowest BCUT2D eigenvalue weighted by molar-refractivity contribution is -0.121. The minimum absolute atomic E-state index is 0.133. The van der Waals surface area contributed by atoms with Crippen molar-refractivity contribution in [3.05, 3.63) is 0 Å². The number of nitrogens with one attached hydrogen (secondary N) is 2. The van der Waals surface area contributed by atoms with Gasteiger partial charge in [0, 0.05) is 25.4 Å². The maximum atomic E-state index is 11.4. The fourth-order valence-corrected chi connectivity index (χ4v) is 1.62. The van der Waals surface area contributed by atoms with Gasteiger partial charge in [0.25, 0.3) is 0 Å². The van der Waals surface area contributed by atoms with Gasteiger partial charge >= 0.3 is 0 Å². The molecule has 5 N–H and O–H groups in total. The van der Waals surface area contributed by atoms with E-state index < -0.39 is 6.23 Å². The van der Waals surface area contributed by atoms with E-state index in [1.807, 2.05) is 6.92 Å². The number of nitrogens with two attached hydrogens (primary N) is 1. The lowest BCUT2D eigenvalue weighted by atomic mass is 10.1. The summed E-state index contributed by atoms with van der Waals surface area (Å²) in [5, 5.41) is 15.1. The molecule has 0 bridgehead atoms. The molecule has 0 saturated carbocycles. The van der Waals surface area contributed by atoms with Crippen LogP contribution in [0.15, 0.2) is 0 Å². The van der Waals surface area contributed by atoms with Crippen LogP contribution < -0.4 is 16.4 Å². The smallest absolute Gasteiger partial charge is 0.220 e. The standard InChI is InChI=1S/C13H29N3O2/c1-10(2)5-6-13(18)16-8-4-7-15-11(3)9-12(14)17/h10-12,15,17H,4-9,14H2,1-3H3,(H,16,18). The number of hydrogen-bond acceptors (Lipinski definition) is 4. The predicted molar refractivity (Wildman–Crippen MR) is 74.0 cm³/mol. The zero-order chi connectivity index (χ0) is 14.0. The summed E-state index contributed by atoms with van der Waals surface area (Å²) in [7, 11) is 0. The second-order valence-corrected chi connectivity index (χ2v) is 5.29. The van der Waals surface area contributed by atoms with E-state index in [4.69, 9.17) is 10.8 Å². The van der Waals surface area contributed by atoms with Gasteiger partial charge in [0.1, 0.15) is 6.23 Å². The van der Waals surface area contributed by atoms with Crippen molar-refractivity contribution in [1.29, 1.82) is 0 Å². The van der Waals surface area contributed by atoms with E-state index in [0.717, 1.165) is 19.4 Å². The molecule has 0 aromatic rings. The predicted octanol–water partition coefficient (Wildman–Crippen LogP) is 0.574. The maximum Gasteiger partial charge on any atom is 0.220 e. The lowest BCUT2D eigenvalue weighted by Crippen LogP contribution is -2.35. The Hall–Kier alpha value is -0.650. The molecule has 1 amide bonds. The van der Waals surface area contributed by atoms with Gasteiger partial charge in [0.05, 0.1) is 0 Å². The van der Waals surface area contributed by atoms with Crippen molar-refractivity contribution in [2.45, 2.75) is 58.7 Å². The highest BCUT2D eigenvalue weighted by atomic mass is 16.3. The highest BCUT2D eigenvalue weighted by Crippen LogP contribution is 2.02. The SMILES string of the molecule is CC(C)CCC(=O)NCCCNC(C)CC(N)O. The number of rotatable bonds is 10. The zero-order valence-electron chi connectivity index (χ0n) is 11.9. The van der Waals surface area contributed by atoms with Crippen LogP contribution in [0, 0.1) is 5.92 Å². The van der Waals surface area contributed by atoms with Crippen molar-refractivity contribution >= 4 is 5.91 Å². The van der Waals surface area contributed by atoms with Crippen molar-refractivity contribution < 1.29 is 9.90 Å². The number of aliphatic hydroxyl groups is 1. The van der Waals surface area contributed by atoms with Crippen molar-refractivity contribution in [3.8, 4) is 0 Å². The summed E-state index contributed by atoms with van der Waals surface area (Å²) in [6.07, 6.45) is 2.22. The van der Waals surface area contributed by atoms with Gasteiger partial charge in [-0.2, -0.15) is 0 Å². The van der Waals surface area contributed by atoms with E-state index in [-0.39, 0.29) is 11.9 Å². The van der Waals surface area contributed by atoms with E-state index in [9.17, 15) is 4.79 Å². The molecule has 2 unspecified atom stereocenters. The molecular weight excluding hydrogens is 230 g/mol. The molecule has 0 spiro atoms. The molecule has 5 heteroatoms. The minimum Gasteiger partial charge on any atom is -0.379 e. The van der Waals surface area contributed by atoms with Gasteiger partial charge in [-0.15, -0.1) is 0 Å². The van der Waals surface area contributed by atoms with Gasteiger partial charge in [0.2, 0.25) is 5.91 Å². The zero-order valence-corrected chi connectivity index (χ0v) is 11.9. The molecule has 0 fully saturated rings. The number of aliphatic hydroxyl groups excluding tert-OH is 1. The summed E-state index contributed by atoms with van der Waals surface area (Å²) in [5.74, 6) is 0.704. The van der Waals surface area contributed by atoms with Gasteiger partial charge < -0.3 is 21.5 Å². The van der Waals surface area contributed by atoms with Gasteiger partial charge in [-0.3, -0.25) is 4.79 Å². The third-order valence-corrected chi connectivity index (χ3v) is 2.71. The Labute approximate surface area is 111 Å². The average Bonchev–Trinajstić information content (AvgIpc) is 2.24. The van der Waals surface area contributed by atoms with Gasteiger partial charge in [-0.1, -0.05) is 13.8 Å². The van der Waals surface area contributed by atoms with Crippen molar-refractivity contribution in [2.24, 2.45) is 11.7 Å². The first kappa shape index (κ1) is 17.4. The molecule has 2 atom stereocenters. The summed E-state index contributed by atoms with van der Waals surface area (Å²) in [6.45, 7) is 7.73. The van der Waals surface area contributed by atoms with Crippen LogP contribution in [0.3, 0.4) is 0 Å². The molecule has 0 saturated heterocycles. The Bertz CT molecular complexity index is 220. The molecule has 0 aromatic carbocycles. The van der Waals surface area contributed by atoms with Gasteiger partial charge in [0.15, 0.2) is 0 Å². The van der Waals surface area contributed by atoms with Crippen molar-refractivity contribution in [1.82, 2.24) is 10.6 Å². The van der Waals surface area contributed by atoms with Crippen molar-refractivity contribution in [3.63, 3.8) is 0 Å². The van der Waals surface area contributed by atoms with E-state index in [0.29, 0.717) is 25.3 Å². The van der Waals surface area contributed by atoms with Crippen LogP contribution in [0.1, 0.15) is 46.5 Å². The molecule has 0 rings (SSSR count). The molecule has 0 aliphatic heterocycles. The first-order valence-corrected chi connectivity index (χ1v) is 6.85. The lowest BCUT2D eigenvalue weighted by Gasteiger charge is -2.15. The van der Waals surface area contributed by atoms with E-state index >= 15 is 0 Å². The summed E-state index contributed by atoms with van der Waals surface area (Å²) in [5.41, 5.74) is 5.28. The Morgan fingerprint density at radius 1 is 1.28 bits per heavy atom. The molecule has 108 valence electrons. The number of carbonyl (C=O) groups is 1. The fourth-order valence-electron chi connectivity index (χ4n) is 1.62. The van der Waals surface area contributed by atoms with Gasteiger partial charge in [-0.05, 0) is 32.2 Å². The molecule has 5 nitrogen and oxygen atoms in total. The van der Waals surface area contributed by atoms with Crippen LogP contribution >= 0.6 is 0 Å². The van der Waals surface area contributed by atoms with Gasteiger partial charge in [-0.25, -0.2) is 0 Å². The molecule has 0 aliphatic rings. The van der Waals surface area contributed by atoms with Crippen LogP contribution in [-0.2, 0) is 4.79 Å². The monoisotopic (exact) mass is 259 g/mol. The second-order valence-electron chi connectivity index (χ2n) is 5.29. The third kappa shape index (κ3) is 11.8. The fraction of sp³-hybridized carbons (Fsp3) is 0.923. The van der Waals surface area contributed by atoms with Crippen LogP contribution in [-0.4, -0.2) is 36.4 Å². The highest BCUT2D eigenvalue weighted by Gasteiger charge is 2.05. The molecule has 0 aromatic heterocycles. The third-order valence-electron chi connectivity index (χ3n) is 2.71. The summed E-state index contributed by atoms with van der Waals surface area (Å²) in [6, 6.07) is 0.196. The Balaban J connectivity index is 3.37. The van der Waals surface area contributed by atoms with Crippen LogP contribution in [0.5, 0.6) is 0 Å². The second kappa shape index (κ2) is 10.3. The van der Waals surface area contributed by atoms with E-state index in [1.165, 1.54) is 0 Å². The Kier molecular flexibility index (Phi) is 9.92. The first-order valence-electron chi connectivity index (χ1n) is 6.85. The number of amides is 1. The van der Waals surface area contributed by atoms with E-state index in [1.54, 1.807) is 0 Å². The quantitative estimate of drug-likeness (QED) is 0.341. The first-order chi connectivity index (χ1) is 8.41. The van der Waals surface area contributed by atoms with E-state index in [2.05, 4.69) is 24.5 Å². The molecule has 0 radical (unpaired) electrons. The van der Waals surface area contributed by atoms with Crippen molar-refractivity contribution in [2.75, 3.05) is 13.1 Å². The minimum atomic E-state index is -0.761. The molecule has 0 heterocycles.